The highest BCUT2D eigenvalue weighted by Crippen LogP contribution is 2.24. The number of aromatic nitrogens is 2. The molecular weight excluding hydrogens is 266 g/mol. The van der Waals surface area contributed by atoms with Crippen molar-refractivity contribution in [1.82, 2.24) is 15.5 Å². The molecule has 1 aliphatic heterocycles. The predicted molar refractivity (Wildman–Crippen MR) is 73.1 cm³/mol. The van der Waals surface area contributed by atoms with Crippen LogP contribution in [0.3, 0.4) is 0 Å². The van der Waals surface area contributed by atoms with Crippen LogP contribution in [0.5, 0.6) is 0 Å². The minimum Gasteiger partial charge on any atom is -0.392 e. The molecule has 0 radical (unpaired) electrons. The zero-order valence-electron chi connectivity index (χ0n) is 10.5. The molecule has 0 aliphatic carbocycles. The van der Waals surface area contributed by atoms with E-state index in [-0.39, 0.29) is 24.6 Å². The molecule has 2 atom stereocenters. The van der Waals surface area contributed by atoms with Gasteiger partial charge in [0, 0.05) is 12.1 Å². The quantitative estimate of drug-likeness (QED) is 0.879. The Morgan fingerprint density at radius 1 is 1.32 bits per heavy atom. The first kappa shape index (κ1) is 14.0. The zero-order chi connectivity index (χ0) is 12.5. The summed E-state index contributed by atoms with van der Waals surface area (Å²) in [5.74, 6) is 1.13. The fourth-order valence-electron chi connectivity index (χ4n) is 2.10. The molecule has 0 saturated carbocycles. The molecule has 19 heavy (non-hydrogen) atoms. The number of aryl methyl sites for hydroxylation is 1. The van der Waals surface area contributed by atoms with E-state index in [0.29, 0.717) is 24.7 Å². The first-order valence-electron chi connectivity index (χ1n) is 6.04. The van der Waals surface area contributed by atoms with Gasteiger partial charge in [-0.05, 0) is 13.3 Å². The summed E-state index contributed by atoms with van der Waals surface area (Å²) in [5, 5.41) is 16.6. The summed E-state index contributed by atoms with van der Waals surface area (Å²) in [6.07, 6.45) is 0.292. The van der Waals surface area contributed by atoms with Crippen molar-refractivity contribution in [1.29, 1.82) is 0 Å². The minimum absolute atomic E-state index is 0. The normalized spacial score (nSPS) is 22.2. The molecule has 2 heterocycles. The molecule has 5 nitrogen and oxygen atoms in total. The van der Waals surface area contributed by atoms with Crippen molar-refractivity contribution in [2.24, 2.45) is 0 Å². The van der Waals surface area contributed by atoms with E-state index >= 15 is 0 Å². The second-order valence-corrected chi connectivity index (χ2v) is 4.67. The summed E-state index contributed by atoms with van der Waals surface area (Å²) < 4.78 is 5.25. The summed E-state index contributed by atoms with van der Waals surface area (Å²) >= 11 is 0. The smallest absolute Gasteiger partial charge is 0.244 e. The lowest BCUT2D eigenvalue weighted by molar-refractivity contribution is 0.191. The topological polar surface area (TPSA) is 71.2 Å². The van der Waals surface area contributed by atoms with Crippen molar-refractivity contribution in [3.05, 3.63) is 35.7 Å². The molecule has 0 unspecified atom stereocenters. The highest BCUT2D eigenvalue weighted by molar-refractivity contribution is 5.85. The van der Waals surface area contributed by atoms with E-state index in [9.17, 15) is 5.11 Å². The van der Waals surface area contributed by atoms with E-state index in [4.69, 9.17) is 4.52 Å². The van der Waals surface area contributed by atoms with Gasteiger partial charge in [-0.3, -0.25) is 0 Å². The Morgan fingerprint density at radius 3 is 2.68 bits per heavy atom. The summed E-state index contributed by atoms with van der Waals surface area (Å²) in [6.45, 7) is 2.61. The molecule has 3 rings (SSSR count). The molecule has 1 fully saturated rings. The van der Waals surface area contributed by atoms with Gasteiger partial charge in [0.15, 0.2) is 0 Å². The number of halogens is 1. The third-order valence-corrected chi connectivity index (χ3v) is 3.16. The molecule has 1 aromatic carbocycles. The van der Waals surface area contributed by atoms with Crippen LogP contribution in [0.2, 0.25) is 0 Å². The predicted octanol–water partition coefficient (Wildman–Crippen LogP) is 1.86. The van der Waals surface area contributed by atoms with Gasteiger partial charge in [-0.1, -0.05) is 35.0 Å². The third-order valence-electron chi connectivity index (χ3n) is 3.16. The fourth-order valence-corrected chi connectivity index (χ4v) is 2.10. The van der Waals surface area contributed by atoms with Crippen LogP contribution in [0.15, 0.2) is 28.8 Å². The number of hydrogen-bond acceptors (Lipinski definition) is 5. The fraction of sp³-hybridized carbons (Fsp3) is 0.385. The minimum atomic E-state index is -0.329. The van der Waals surface area contributed by atoms with Crippen LogP contribution in [0.4, 0.5) is 0 Å². The molecule has 0 amide bonds. The highest BCUT2D eigenvalue weighted by Gasteiger charge is 2.28. The second kappa shape index (κ2) is 5.69. The molecular formula is C13H16ClN3O2. The molecule has 2 aromatic rings. The van der Waals surface area contributed by atoms with Crippen LogP contribution in [0, 0.1) is 6.92 Å². The highest BCUT2D eigenvalue weighted by atomic mass is 35.5. The van der Waals surface area contributed by atoms with Gasteiger partial charge in [0.25, 0.3) is 0 Å². The average Bonchev–Trinajstić information content (AvgIpc) is 2.98. The van der Waals surface area contributed by atoms with E-state index in [2.05, 4.69) is 15.5 Å². The molecule has 0 bridgehead atoms. The van der Waals surface area contributed by atoms with Crippen LogP contribution in [-0.4, -0.2) is 27.9 Å². The lowest BCUT2D eigenvalue weighted by atomic mass is 10.1. The molecule has 102 valence electrons. The van der Waals surface area contributed by atoms with Crippen LogP contribution in [-0.2, 0) is 0 Å². The molecule has 1 aliphatic rings. The van der Waals surface area contributed by atoms with E-state index in [0.717, 1.165) is 5.56 Å². The summed E-state index contributed by atoms with van der Waals surface area (Å²) in [4.78, 5) is 4.38. The monoisotopic (exact) mass is 281 g/mol. The summed E-state index contributed by atoms with van der Waals surface area (Å²) in [5.41, 5.74) is 2.14. The van der Waals surface area contributed by atoms with E-state index in [1.165, 1.54) is 5.56 Å². The Balaban J connectivity index is 0.00000133. The number of hydrogen-bond donors (Lipinski definition) is 2. The molecule has 2 N–H and O–H groups in total. The van der Waals surface area contributed by atoms with E-state index in [1.54, 1.807) is 0 Å². The van der Waals surface area contributed by atoms with Gasteiger partial charge in [-0.2, -0.15) is 4.98 Å². The van der Waals surface area contributed by atoms with Gasteiger partial charge in [0.2, 0.25) is 11.7 Å². The third kappa shape index (κ3) is 2.94. The standard InChI is InChI=1S/C13H15N3O2.ClH/c1-8-2-4-9(5-3-8)12-15-13(18-16-12)11-6-10(17)7-14-11;/h2-5,10-11,14,17H,6-7H2,1H3;1H/t10-,11+;/m0./s1. The number of nitrogens with one attached hydrogen (secondary N) is 1. The van der Waals surface area contributed by atoms with Crippen LogP contribution in [0.25, 0.3) is 11.4 Å². The van der Waals surface area contributed by atoms with Gasteiger partial charge in [0.1, 0.15) is 0 Å². The summed E-state index contributed by atoms with van der Waals surface area (Å²) in [6, 6.07) is 7.94. The molecule has 1 saturated heterocycles. The van der Waals surface area contributed by atoms with Crippen molar-refractivity contribution in [2.45, 2.75) is 25.5 Å². The Hall–Kier alpha value is -1.43. The number of β-amino-alcohol motifs (C(OH)–C–C–N with tert-alkyl or cyclic N) is 1. The lowest BCUT2D eigenvalue weighted by Gasteiger charge is -2.01. The maximum absolute atomic E-state index is 9.46. The van der Waals surface area contributed by atoms with Crippen LogP contribution >= 0.6 is 12.4 Å². The SMILES string of the molecule is Cc1ccc(-c2noc([C@H]3C[C@H](O)CN3)n2)cc1.Cl. The van der Waals surface area contributed by atoms with Crippen molar-refractivity contribution in [3.63, 3.8) is 0 Å². The van der Waals surface area contributed by atoms with Crippen molar-refractivity contribution >= 4 is 12.4 Å². The number of aliphatic hydroxyl groups is 1. The van der Waals surface area contributed by atoms with Gasteiger partial charge in [-0.25, -0.2) is 0 Å². The van der Waals surface area contributed by atoms with Crippen molar-refractivity contribution in [2.75, 3.05) is 6.54 Å². The summed E-state index contributed by atoms with van der Waals surface area (Å²) in [7, 11) is 0. The largest absolute Gasteiger partial charge is 0.392 e. The number of aliphatic hydroxyl groups excluding tert-OH is 1. The van der Waals surface area contributed by atoms with E-state index in [1.807, 2.05) is 31.2 Å². The van der Waals surface area contributed by atoms with Crippen LogP contribution in [0.1, 0.15) is 23.9 Å². The first-order chi connectivity index (χ1) is 8.72. The zero-order valence-corrected chi connectivity index (χ0v) is 11.4. The first-order valence-corrected chi connectivity index (χ1v) is 6.04. The molecule has 1 aromatic heterocycles. The van der Waals surface area contributed by atoms with Gasteiger partial charge in [-0.15, -0.1) is 12.4 Å². The Morgan fingerprint density at radius 2 is 2.05 bits per heavy atom. The van der Waals surface area contributed by atoms with Crippen molar-refractivity contribution in [3.8, 4) is 11.4 Å². The van der Waals surface area contributed by atoms with Crippen molar-refractivity contribution < 1.29 is 9.63 Å². The molecule has 6 heteroatoms. The number of rotatable bonds is 2. The van der Waals surface area contributed by atoms with E-state index < -0.39 is 0 Å². The Labute approximate surface area is 117 Å². The second-order valence-electron chi connectivity index (χ2n) is 4.67. The lowest BCUT2D eigenvalue weighted by Crippen LogP contribution is -2.15. The van der Waals surface area contributed by atoms with Gasteiger partial charge < -0.3 is 14.9 Å². The van der Waals surface area contributed by atoms with Crippen LogP contribution < -0.4 is 5.32 Å². The number of nitrogens with zero attached hydrogens (tertiary/aromatic N) is 2. The number of benzene rings is 1. The molecule has 0 spiro atoms. The Kier molecular flexibility index (Phi) is 4.19. The maximum atomic E-state index is 9.46. The average molecular weight is 282 g/mol. The maximum Gasteiger partial charge on any atom is 0.244 e. The van der Waals surface area contributed by atoms with Gasteiger partial charge in [0.05, 0.1) is 12.1 Å². The Bertz CT molecular complexity index is 541. The van der Waals surface area contributed by atoms with Gasteiger partial charge >= 0.3 is 0 Å².